The van der Waals surface area contributed by atoms with E-state index in [1.807, 2.05) is 19.1 Å². The van der Waals surface area contributed by atoms with E-state index in [9.17, 15) is 4.79 Å². The lowest BCUT2D eigenvalue weighted by Gasteiger charge is -2.02. The zero-order valence-corrected chi connectivity index (χ0v) is 8.08. The van der Waals surface area contributed by atoms with E-state index in [1.165, 1.54) is 0 Å². The molecule has 5 heteroatoms. The lowest BCUT2D eigenvalue weighted by molar-refractivity contribution is 0.157. The first-order chi connectivity index (χ1) is 6.68. The highest BCUT2D eigenvalue weighted by Crippen LogP contribution is 2.04. The molecule has 0 saturated carbocycles. The van der Waals surface area contributed by atoms with Gasteiger partial charge in [-0.15, -0.1) is 0 Å². The van der Waals surface area contributed by atoms with Crippen molar-refractivity contribution in [3.05, 3.63) is 23.7 Å². The normalized spacial score (nSPS) is 10.1. The highest BCUT2D eigenvalue weighted by molar-refractivity contribution is 5.64. The molecule has 0 aliphatic rings. The number of carbonyl (C=O) groups excluding carboxylic acids is 1. The van der Waals surface area contributed by atoms with Crippen LogP contribution < -0.4 is 11.1 Å². The number of primary amides is 1. The molecule has 0 saturated heterocycles. The fourth-order valence-corrected chi connectivity index (χ4v) is 1.02. The van der Waals surface area contributed by atoms with Crippen LogP contribution in [0, 0.1) is 6.92 Å². The molecule has 1 amide bonds. The monoisotopic (exact) mass is 198 g/mol. The average Bonchev–Trinajstić information content (AvgIpc) is 2.50. The maximum atomic E-state index is 10.2. The number of rotatable bonds is 5. The first kappa shape index (κ1) is 10.6. The third-order valence-corrected chi connectivity index (χ3v) is 1.62. The van der Waals surface area contributed by atoms with E-state index in [4.69, 9.17) is 10.2 Å². The molecule has 5 nitrogen and oxygen atoms in total. The van der Waals surface area contributed by atoms with Crippen LogP contribution in [-0.4, -0.2) is 19.2 Å². The van der Waals surface area contributed by atoms with Crippen molar-refractivity contribution >= 4 is 6.09 Å². The Bertz CT molecular complexity index is 296. The number of nitrogens with two attached hydrogens (primary N) is 1. The van der Waals surface area contributed by atoms with Crippen molar-refractivity contribution in [2.75, 3.05) is 13.2 Å². The predicted molar refractivity (Wildman–Crippen MR) is 50.7 cm³/mol. The molecule has 1 aromatic heterocycles. The molecule has 1 rings (SSSR count). The van der Waals surface area contributed by atoms with E-state index in [-0.39, 0.29) is 6.61 Å². The number of amides is 1. The van der Waals surface area contributed by atoms with Crippen LogP contribution in [0.5, 0.6) is 0 Å². The topological polar surface area (TPSA) is 77.5 Å². The number of nitrogens with one attached hydrogen (secondary N) is 1. The number of carbonyl (C=O) groups is 1. The molecule has 78 valence electrons. The van der Waals surface area contributed by atoms with Gasteiger partial charge in [-0.05, 0) is 19.1 Å². The lowest BCUT2D eigenvalue weighted by atomic mass is 10.4. The van der Waals surface area contributed by atoms with Gasteiger partial charge in [-0.1, -0.05) is 0 Å². The molecule has 0 radical (unpaired) electrons. The Morgan fingerprint density at radius 3 is 3.00 bits per heavy atom. The minimum Gasteiger partial charge on any atom is -0.465 e. The van der Waals surface area contributed by atoms with Gasteiger partial charge in [0.1, 0.15) is 18.1 Å². The average molecular weight is 198 g/mol. The summed E-state index contributed by atoms with van der Waals surface area (Å²) in [5.41, 5.74) is 4.78. The van der Waals surface area contributed by atoms with Gasteiger partial charge in [-0.3, -0.25) is 0 Å². The summed E-state index contributed by atoms with van der Waals surface area (Å²) in [5, 5.41) is 3.04. The van der Waals surface area contributed by atoms with Gasteiger partial charge < -0.3 is 20.2 Å². The van der Waals surface area contributed by atoms with E-state index >= 15 is 0 Å². The summed E-state index contributed by atoms with van der Waals surface area (Å²) in [6.45, 7) is 3.34. The third-order valence-electron chi connectivity index (χ3n) is 1.62. The lowest BCUT2D eigenvalue weighted by Crippen LogP contribution is -2.23. The second-order valence-corrected chi connectivity index (χ2v) is 2.86. The van der Waals surface area contributed by atoms with E-state index < -0.39 is 6.09 Å². The molecule has 0 fully saturated rings. The number of hydrogen-bond acceptors (Lipinski definition) is 4. The van der Waals surface area contributed by atoms with Gasteiger partial charge in [0.15, 0.2) is 0 Å². The van der Waals surface area contributed by atoms with Crippen molar-refractivity contribution < 1.29 is 13.9 Å². The molecule has 0 aromatic carbocycles. The van der Waals surface area contributed by atoms with Gasteiger partial charge in [-0.25, -0.2) is 4.79 Å². The molecule has 0 aliphatic carbocycles. The molecular weight excluding hydrogens is 184 g/mol. The molecule has 3 N–H and O–H groups in total. The Kier molecular flexibility index (Phi) is 4.00. The minimum absolute atomic E-state index is 0.273. The number of aryl methyl sites for hydroxylation is 1. The van der Waals surface area contributed by atoms with Crippen LogP contribution in [0.15, 0.2) is 16.5 Å². The van der Waals surface area contributed by atoms with Gasteiger partial charge in [0.05, 0.1) is 6.54 Å². The van der Waals surface area contributed by atoms with E-state index in [1.54, 1.807) is 0 Å². The van der Waals surface area contributed by atoms with Crippen LogP contribution in [0.1, 0.15) is 11.5 Å². The standard InChI is InChI=1S/C9H14N2O3/c1-7-2-3-8(14-7)6-11-4-5-13-9(10)12/h2-3,11H,4-6H2,1H3,(H2,10,12). The summed E-state index contributed by atoms with van der Waals surface area (Å²) in [6.07, 6.45) is -0.749. The Labute approximate surface area is 82.2 Å². The zero-order valence-electron chi connectivity index (χ0n) is 8.08. The van der Waals surface area contributed by atoms with Crippen LogP contribution in [0.2, 0.25) is 0 Å². The smallest absolute Gasteiger partial charge is 0.404 e. The molecule has 0 bridgehead atoms. The molecule has 0 unspecified atom stereocenters. The number of furan rings is 1. The Hall–Kier alpha value is -1.49. The highest BCUT2D eigenvalue weighted by atomic mass is 16.5. The number of ether oxygens (including phenoxy) is 1. The SMILES string of the molecule is Cc1ccc(CNCCOC(N)=O)o1. The predicted octanol–water partition coefficient (Wildman–Crippen LogP) is 0.773. The summed E-state index contributed by atoms with van der Waals surface area (Å²) in [5.74, 6) is 1.75. The van der Waals surface area contributed by atoms with Gasteiger partial charge in [0.2, 0.25) is 0 Å². The summed E-state index contributed by atoms with van der Waals surface area (Å²) in [4.78, 5) is 10.2. The van der Waals surface area contributed by atoms with Gasteiger partial charge >= 0.3 is 6.09 Å². The van der Waals surface area contributed by atoms with Crippen LogP contribution in [-0.2, 0) is 11.3 Å². The second-order valence-electron chi connectivity index (χ2n) is 2.86. The Morgan fingerprint density at radius 1 is 1.64 bits per heavy atom. The Balaban J connectivity index is 2.07. The highest BCUT2D eigenvalue weighted by Gasteiger charge is 1.97. The van der Waals surface area contributed by atoms with Gasteiger partial charge in [-0.2, -0.15) is 0 Å². The zero-order chi connectivity index (χ0) is 10.4. The van der Waals surface area contributed by atoms with Gasteiger partial charge in [0, 0.05) is 6.54 Å². The molecular formula is C9H14N2O3. The number of hydrogen-bond donors (Lipinski definition) is 2. The molecule has 1 heterocycles. The summed E-state index contributed by atoms with van der Waals surface area (Å²) >= 11 is 0. The van der Waals surface area contributed by atoms with E-state index in [2.05, 4.69) is 10.1 Å². The molecule has 14 heavy (non-hydrogen) atoms. The van der Waals surface area contributed by atoms with E-state index in [0.717, 1.165) is 11.5 Å². The summed E-state index contributed by atoms with van der Waals surface area (Å²) in [6, 6.07) is 3.80. The largest absolute Gasteiger partial charge is 0.465 e. The van der Waals surface area contributed by atoms with Crippen molar-refractivity contribution in [2.24, 2.45) is 5.73 Å². The maximum Gasteiger partial charge on any atom is 0.404 e. The van der Waals surface area contributed by atoms with Crippen LogP contribution in [0.25, 0.3) is 0 Å². The van der Waals surface area contributed by atoms with Gasteiger partial charge in [0.25, 0.3) is 0 Å². The van der Waals surface area contributed by atoms with Crippen molar-refractivity contribution in [1.29, 1.82) is 0 Å². The molecule has 1 aromatic rings. The molecule has 0 aliphatic heterocycles. The third kappa shape index (κ3) is 3.95. The van der Waals surface area contributed by atoms with Crippen molar-refractivity contribution in [3.63, 3.8) is 0 Å². The van der Waals surface area contributed by atoms with Crippen molar-refractivity contribution in [3.8, 4) is 0 Å². The molecule has 0 spiro atoms. The molecule has 0 atom stereocenters. The minimum atomic E-state index is -0.749. The van der Waals surface area contributed by atoms with Crippen LogP contribution in [0.4, 0.5) is 4.79 Å². The van der Waals surface area contributed by atoms with Crippen LogP contribution >= 0.6 is 0 Å². The fraction of sp³-hybridized carbons (Fsp3) is 0.444. The van der Waals surface area contributed by atoms with E-state index in [0.29, 0.717) is 13.1 Å². The van der Waals surface area contributed by atoms with Crippen LogP contribution in [0.3, 0.4) is 0 Å². The van der Waals surface area contributed by atoms with Crippen molar-refractivity contribution in [1.82, 2.24) is 5.32 Å². The summed E-state index contributed by atoms with van der Waals surface area (Å²) in [7, 11) is 0. The van der Waals surface area contributed by atoms with Crippen molar-refractivity contribution in [2.45, 2.75) is 13.5 Å². The Morgan fingerprint density at radius 2 is 2.43 bits per heavy atom. The summed E-state index contributed by atoms with van der Waals surface area (Å²) < 4.78 is 9.85. The maximum absolute atomic E-state index is 10.2. The second kappa shape index (κ2) is 5.29. The quantitative estimate of drug-likeness (QED) is 0.685. The first-order valence-corrected chi connectivity index (χ1v) is 4.37. The first-order valence-electron chi connectivity index (χ1n) is 4.37. The fourth-order valence-electron chi connectivity index (χ4n) is 1.02.